The van der Waals surface area contributed by atoms with E-state index >= 15 is 0 Å². The lowest BCUT2D eigenvalue weighted by molar-refractivity contribution is 0.660. The molecule has 2 aromatic heterocycles. The normalized spacial score (nSPS) is 10.6. The van der Waals surface area contributed by atoms with Gasteiger partial charge in [-0.1, -0.05) is 12.8 Å². The van der Waals surface area contributed by atoms with Crippen molar-refractivity contribution in [3.8, 4) is 23.6 Å². The molecule has 5 heteroatoms. The first-order valence-electron chi connectivity index (χ1n) is 6.52. The fourth-order valence-corrected chi connectivity index (χ4v) is 2.07. The molecule has 0 unspecified atom stereocenters. The topological polar surface area (TPSA) is 61.7 Å². The van der Waals surface area contributed by atoms with Gasteiger partial charge < -0.3 is 10.3 Å². The molecule has 0 aliphatic rings. The van der Waals surface area contributed by atoms with Crippen LogP contribution in [0.1, 0.15) is 26.1 Å². The highest BCUT2D eigenvalue weighted by Gasteiger charge is 2.16. The molecule has 0 bridgehead atoms. The zero-order valence-electron chi connectivity index (χ0n) is 11.4. The standard InChI is InChI=1S/C14H19N5/c1-4-7-12-17-13(14(15)19(12)8-5-2)11-9-16-18(6-3)10-11/h2,9-10H,4,6-8,15H2,1,3H3. The van der Waals surface area contributed by atoms with Gasteiger partial charge in [0.1, 0.15) is 17.3 Å². The van der Waals surface area contributed by atoms with Gasteiger partial charge in [-0.05, 0) is 13.3 Å². The zero-order valence-corrected chi connectivity index (χ0v) is 11.4. The van der Waals surface area contributed by atoms with Gasteiger partial charge in [-0.15, -0.1) is 6.42 Å². The smallest absolute Gasteiger partial charge is 0.132 e. The number of nitrogens with zero attached hydrogens (tertiary/aromatic N) is 4. The summed E-state index contributed by atoms with van der Waals surface area (Å²) in [5.41, 5.74) is 7.88. The number of rotatable bonds is 5. The minimum absolute atomic E-state index is 0.454. The number of hydrogen-bond acceptors (Lipinski definition) is 3. The minimum Gasteiger partial charge on any atom is -0.383 e. The summed E-state index contributed by atoms with van der Waals surface area (Å²) in [5.74, 6) is 4.19. The molecule has 0 fully saturated rings. The second-order valence-corrected chi connectivity index (χ2v) is 4.39. The largest absolute Gasteiger partial charge is 0.383 e. The summed E-state index contributed by atoms with van der Waals surface area (Å²) in [6.07, 6.45) is 11.0. The van der Waals surface area contributed by atoms with Crippen molar-refractivity contribution in [3.63, 3.8) is 0 Å². The minimum atomic E-state index is 0.454. The quantitative estimate of drug-likeness (QED) is 0.833. The maximum atomic E-state index is 6.17. The third-order valence-corrected chi connectivity index (χ3v) is 3.04. The fraction of sp³-hybridized carbons (Fsp3) is 0.429. The third-order valence-electron chi connectivity index (χ3n) is 3.04. The Morgan fingerprint density at radius 3 is 2.79 bits per heavy atom. The maximum Gasteiger partial charge on any atom is 0.132 e. The maximum absolute atomic E-state index is 6.17. The SMILES string of the molecule is C#CCn1c(CCC)nc(-c2cnn(CC)c2)c1N. The molecule has 5 nitrogen and oxygen atoms in total. The van der Waals surface area contributed by atoms with Crippen LogP contribution in [0, 0.1) is 12.3 Å². The van der Waals surface area contributed by atoms with Crippen molar-refractivity contribution in [2.75, 3.05) is 5.73 Å². The van der Waals surface area contributed by atoms with E-state index in [-0.39, 0.29) is 0 Å². The molecule has 2 N–H and O–H groups in total. The van der Waals surface area contributed by atoms with E-state index in [4.69, 9.17) is 12.2 Å². The summed E-state index contributed by atoms with van der Waals surface area (Å²) in [6, 6.07) is 0. The summed E-state index contributed by atoms with van der Waals surface area (Å²) >= 11 is 0. The molecule has 0 aliphatic carbocycles. The van der Waals surface area contributed by atoms with Gasteiger partial charge in [-0.2, -0.15) is 5.10 Å². The highest BCUT2D eigenvalue weighted by molar-refractivity contribution is 5.70. The molecule has 0 saturated heterocycles. The number of aryl methyl sites for hydroxylation is 2. The number of hydrogen-bond donors (Lipinski definition) is 1. The summed E-state index contributed by atoms with van der Waals surface area (Å²) in [7, 11) is 0. The first-order chi connectivity index (χ1) is 9.21. The number of anilines is 1. The lowest BCUT2D eigenvalue weighted by Crippen LogP contribution is -2.06. The molecular formula is C14H19N5. The van der Waals surface area contributed by atoms with Gasteiger partial charge in [0, 0.05) is 24.7 Å². The van der Waals surface area contributed by atoms with Crippen molar-refractivity contribution in [3.05, 3.63) is 18.2 Å². The Balaban J connectivity index is 2.46. The predicted octanol–water partition coefficient (Wildman–Crippen LogP) is 1.93. The van der Waals surface area contributed by atoms with E-state index < -0.39 is 0 Å². The Hall–Kier alpha value is -2.22. The van der Waals surface area contributed by atoms with Crippen molar-refractivity contribution in [2.24, 2.45) is 0 Å². The monoisotopic (exact) mass is 257 g/mol. The van der Waals surface area contributed by atoms with Crippen LogP contribution >= 0.6 is 0 Å². The molecule has 2 rings (SSSR count). The Morgan fingerprint density at radius 1 is 1.42 bits per heavy atom. The van der Waals surface area contributed by atoms with Crippen LogP contribution in [0.4, 0.5) is 5.82 Å². The summed E-state index contributed by atoms with van der Waals surface area (Å²) < 4.78 is 3.76. The van der Waals surface area contributed by atoms with Crippen molar-refractivity contribution in [1.29, 1.82) is 0 Å². The molecule has 0 aliphatic heterocycles. The first kappa shape index (κ1) is 13.2. The van der Waals surface area contributed by atoms with Crippen molar-refractivity contribution in [1.82, 2.24) is 19.3 Å². The summed E-state index contributed by atoms with van der Waals surface area (Å²) in [4.78, 5) is 4.63. The molecule has 2 aromatic rings. The number of aromatic nitrogens is 4. The lowest BCUT2D eigenvalue weighted by atomic mass is 10.2. The third kappa shape index (κ3) is 2.48. The summed E-state index contributed by atoms with van der Waals surface area (Å²) in [5, 5.41) is 4.25. The molecule has 0 aromatic carbocycles. The van der Waals surface area contributed by atoms with E-state index in [0.29, 0.717) is 12.4 Å². The molecule has 0 radical (unpaired) electrons. The van der Waals surface area contributed by atoms with Gasteiger partial charge >= 0.3 is 0 Å². The van der Waals surface area contributed by atoms with Crippen LogP contribution < -0.4 is 5.73 Å². The van der Waals surface area contributed by atoms with E-state index in [1.54, 1.807) is 6.20 Å². The average molecular weight is 257 g/mol. The lowest BCUT2D eigenvalue weighted by Gasteiger charge is -2.04. The van der Waals surface area contributed by atoms with Crippen LogP contribution in [0.15, 0.2) is 12.4 Å². The Morgan fingerprint density at radius 2 is 2.21 bits per heavy atom. The molecule has 0 saturated carbocycles. The molecule has 100 valence electrons. The van der Waals surface area contributed by atoms with E-state index in [9.17, 15) is 0 Å². The number of nitrogens with two attached hydrogens (primary N) is 1. The number of terminal acetylenes is 1. The zero-order chi connectivity index (χ0) is 13.8. The second-order valence-electron chi connectivity index (χ2n) is 4.39. The molecular weight excluding hydrogens is 238 g/mol. The molecule has 0 spiro atoms. The van der Waals surface area contributed by atoms with Crippen molar-refractivity contribution >= 4 is 5.82 Å². The van der Waals surface area contributed by atoms with Crippen LogP contribution in [0.3, 0.4) is 0 Å². The highest BCUT2D eigenvalue weighted by Crippen LogP contribution is 2.26. The molecule has 0 amide bonds. The van der Waals surface area contributed by atoms with Crippen LogP contribution in [-0.2, 0) is 19.5 Å². The van der Waals surface area contributed by atoms with Gasteiger partial charge in [0.15, 0.2) is 0 Å². The van der Waals surface area contributed by atoms with Gasteiger partial charge in [0.2, 0.25) is 0 Å². The summed E-state index contributed by atoms with van der Waals surface area (Å²) in [6.45, 7) is 5.43. The predicted molar refractivity (Wildman–Crippen MR) is 76.4 cm³/mol. The van der Waals surface area contributed by atoms with E-state index in [2.05, 4.69) is 22.9 Å². The van der Waals surface area contributed by atoms with Crippen LogP contribution in [0.2, 0.25) is 0 Å². The molecule has 0 atom stereocenters. The Bertz CT molecular complexity index is 600. The van der Waals surface area contributed by atoms with E-state index in [0.717, 1.165) is 36.5 Å². The number of nitrogen functional groups attached to an aromatic ring is 1. The Labute approximate surface area is 113 Å². The van der Waals surface area contributed by atoms with Gasteiger partial charge in [-0.25, -0.2) is 4.98 Å². The van der Waals surface area contributed by atoms with Crippen molar-refractivity contribution in [2.45, 2.75) is 39.8 Å². The number of imidazole rings is 1. The van der Waals surface area contributed by atoms with Crippen molar-refractivity contribution < 1.29 is 0 Å². The van der Waals surface area contributed by atoms with Crippen LogP contribution in [0.25, 0.3) is 11.3 Å². The first-order valence-corrected chi connectivity index (χ1v) is 6.52. The second kappa shape index (κ2) is 5.61. The van der Waals surface area contributed by atoms with E-state index in [1.165, 1.54) is 0 Å². The van der Waals surface area contributed by atoms with Gasteiger partial charge in [0.25, 0.3) is 0 Å². The fourth-order valence-electron chi connectivity index (χ4n) is 2.07. The molecule has 2 heterocycles. The average Bonchev–Trinajstić information content (AvgIpc) is 2.98. The van der Waals surface area contributed by atoms with Crippen LogP contribution in [-0.4, -0.2) is 19.3 Å². The Kier molecular flexibility index (Phi) is 3.91. The van der Waals surface area contributed by atoms with Gasteiger partial charge in [0.05, 0.1) is 12.7 Å². The van der Waals surface area contributed by atoms with Crippen LogP contribution in [0.5, 0.6) is 0 Å². The highest BCUT2D eigenvalue weighted by atomic mass is 15.3. The van der Waals surface area contributed by atoms with E-state index in [1.807, 2.05) is 22.4 Å². The van der Waals surface area contributed by atoms with Gasteiger partial charge in [-0.3, -0.25) is 4.68 Å². The molecule has 19 heavy (non-hydrogen) atoms.